The molecule has 0 spiro atoms. The molecule has 0 atom stereocenters. The van der Waals surface area contributed by atoms with E-state index >= 15 is 0 Å². The lowest BCUT2D eigenvalue weighted by Crippen LogP contribution is -2.47. The number of ether oxygens (including phenoxy) is 2. The van der Waals surface area contributed by atoms with E-state index in [1.807, 2.05) is 12.1 Å². The first-order chi connectivity index (χ1) is 12.4. The van der Waals surface area contributed by atoms with Crippen LogP contribution < -0.4 is 9.47 Å². The van der Waals surface area contributed by atoms with Crippen LogP contribution in [0, 0.1) is 0 Å². The van der Waals surface area contributed by atoms with Gasteiger partial charge in [0.1, 0.15) is 11.5 Å². The lowest BCUT2D eigenvalue weighted by atomic mass is 10.3. The highest BCUT2D eigenvalue weighted by Gasteiger charge is 2.24. The van der Waals surface area contributed by atoms with Crippen LogP contribution in [0.3, 0.4) is 0 Å². The third-order valence-electron chi connectivity index (χ3n) is 4.10. The van der Waals surface area contributed by atoms with E-state index in [0.717, 1.165) is 5.75 Å². The number of aromatic nitrogens is 2. The van der Waals surface area contributed by atoms with Crippen molar-refractivity contribution in [3.05, 3.63) is 36.0 Å². The van der Waals surface area contributed by atoms with Gasteiger partial charge in [-0.2, -0.15) is 9.29 Å². The summed E-state index contributed by atoms with van der Waals surface area (Å²) in [7, 11) is -1.52. The predicted molar refractivity (Wildman–Crippen MR) is 93.3 cm³/mol. The minimum Gasteiger partial charge on any atom is -0.497 e. The van der Waals surface area contributed by atoms with Gasteiger partial charge in [-0.3, -0.25) is 4.90 Å². The van der Waals surface area contributed by atoms with Crippen molar-refractivity contribution < 1.29 is 22.4 Å². The van der Waals surface area contributed by atoms with E-state index in [0.29, 0.717) is 50.2 Å². The molecule has 1 saturated heterocycles. The van der Waals surface area contributed by atoms with Gasteiger partial charge in [-0.25, -0.2) is 8.42 Å². The van der Waals surface area contributed by atoms with Crippen LogP contribution in [0.4, 0.5) is 0 Å². The number of piperazine rings is 1. The summed E-state index contributed by atoms with van der Waals surface area (Å²) in [6.07, 6.45) is 1.23. The van der Waals surface area contributed by atoms with Crippen molar-refractivity contribution in [3.63, 3.8) is 0 Å². The van der Waals surface area contributed by atoms with E-state index in [9.17, 15) is 8.42 Å². The molecule has 0 aliphatic carbocycles. The number of nitrogens with zero attached hydrogens (tertiary/aromatic N) is 4. The Bertz CT molecular complexity index is 813. The Morgan fingerprint density at radius 3 is 2.38 bits per heavy atom. The van der Waals surface area contributed by atoms with Crippen molar-refractivity contribution >= 4 is 10.0 Å². The highest BCUT2D eigenvalue weighted by Crippen LogP contribution is 2.18. The molecule has 142 valence electrons. The average molecular weight is 382 g/mol. The van der Waals surface area contributed by atoms with Gasteiger partial charge in [0.05, 0.1) is 19.9 Å². The summed E-state index contributed by atoms with van der Waals surface area (Å²) in [5.41, 5.74) is 0. The van der Waals surface area contributed by atoms with Gasteiger partial charge >= 0.3 is 0 Å². The molecule has 0 amide bonds. The number of sulfonamides is 1. The number of benzene rings is 1. The van der Waals surface area contributed by atoms with Gasteiger partial charge in [0.25, 0.3) is 0 Å². The quantitative estimate of drug-likeness (QED) is 0.691. The van der Waals surface area contributed by atoms with Gasteiger partial charge in [-0.15, -0.1) is 0 Å². The molecule has 10 heteroatoms. The Balaban J connectivity index is 1.47. The molecule has 0 saturated carbocycles. The van der Waals surface area contributed by atoms with E-state index in [1.54, 1.807) is 19.2 Å². The minimum atomic E-state index is -3.13. The molecule has 3 rings (SSSR count). The second-order valence-corrected chi connectivity index (χ2v) is 7.99. The fraction of sp³-hybridized carbons (Fsp3) is 0.500. The van der Waals surface area contributed by atoms with Crippen molar-refractivity contribution in [3.8, 4) is 11.5 Å². The molecule has 0 radical (unpaired) electrons. The van der Waals surface area contributed by atoms with Crippen LogP contribution in [0.1, 0.15) is 11.7 Å². The fourth-order valence-corrected chi connectivity index (χ4v) is 3.47. The topological polar surface area (TPSA) is 98.0 Å². The molecule has 1 aliphatic rings. The van der Waals surface area contributed by atoms with E-state index in [4.69, 9.17) is 14.0 Å². The zero-order valence-electron chi connectivity index (χ0n) is 14.8. The minimum absolute atomic E-state index is 0.206. The number of hydrogen-bond donors (Lipinski definition) is 0. The van der Waals surface area contributed by atoms with Crippen LogP contribution in [-0.4, -0.2) is 67.3 Å². The molecule has 2 heterocycles. The molecule has 1 aliphatic heterocycles. The summed E-state index contributed by atoms with van der Waals surface area (Å²) in [6, 6.07) is 7.24. The van der Waals surface area contributed by atoms with Crippen LogP contribution in [-0.2, 0) is 23.2 Å². The Morgan fingerprint density at radius 1 is 1.12 bits per heavy atom. The van der Waals surface area contributed by atoms with Gasteiger partial charge in [0.2, 0.25) is 21.7 Å². The van der Waals surface area contributed by atoms with Gasteiger partial charge in [-0.05, 0) is 24.3 Å². The van der Waals surface area contributed by atoms with Gasteiger partial charge in [0, 0.05) is 26.2 Å². The highest BCUT2D eigenvalue weighted by molar-refractivity contribution is 7.88. The lowest BCUT2D eigenvalue weighted by molar-refractivity contribution is 0.163. The maximum absolute atomic E-state index is 11.5. The van der Waals surface area contributed by atoms with E-state index in [1.165, 1.54) is 10.6 Å². The summed E-state index contributed by atoms with van der Waals surface area (Å²) >= 11 is 0. The van der Waals surface area contributed by atoms with Gasteiger partial charge in [0.15, 0.2) is 6.61 Å². The predicted octanol–water partition coefficient (Wildman–Crippen LogP) is 0.734. The molecule has 1 aromatic heterocycles. The van der Waals surface area contributed by atoms with Crippen molar-refractivity contribution in [1.82, 2.24) is 19.3 Å². The van der Waals surface area contributed by atoms with Gasteiger partial charge in [-0.1, -0.05) is 5.16 Å². The second kappa shape index (κ2) is 8.02. The molecular formula is C16H22N4O5S. The summed E-state index contributed by atoms with van der Waals surface area (Å²) in [4.78, 5) is 6.41. The van der Waals surface area contributed by atoms with E-state index in [-0.39, 0.29) is 6.61 Å². The summed E-state index contributed by atoms with van der Waals surface area (Å²) in [6.45, 7) is 2.91. The number of hydrogen-bond acceptors (Lipinski definition) is 8. The molecular weight excluding hydrogens is 360 g/mol. The molecule has 0 unspecified atom stereocenters. The molecule has 1 aromatic carbocycles. The van der Waals surface area contributed by atoms with Crippen LogP contribution in [0.25, 0.3) is 0 Å². The first-order valence-corrected chi connectivity index (χ1v) is 10.0. The Kier molecular flexibility index (Phi) is 5.74. The molecule has 0 bridgehead atoms. The third kappa shape index (κ3) is 4.93. The largest absolute Gasteiger partial charge is 0.497 e. The second-order valence-electron chi connectivity index (χ2n) is 6.01. The summed E-state index contributed by atoms with van der Waals surface area (Å²) in [5.74, 6) is 2.40. The highest BCUT2D eigenvalue weighted by atomic mass is 32.2. The third-order valence-corrected chi connectivity index (χ3v) is 5.40. The molecule has 1 fully saturated rings. The maximum Gasteiger partial charge on any atom is 0.240 e. The molecule has 9 nitrogen and oxygen atoms in total. The van der Waals surface area contributed by atoms with Crippen molar-refractivity contribution in [2.75, 3.05) is 39.5 Å². The summed E-state index contributed by atoms with van der Waals surface area (Å²) in [5, 5.41) is 3.92. The fourth-order valence-electron chi connectivity index (χ4n) is 2.64. The maximum atomic E-state index is 11.5. The molecule has 0 N–H and O–H groups in total. The van der Waals surface area contributed by atoms with E-state index < -0.39 is 10.0 Å². The normalized spacial score (nSPS) is 16.5. The van der Waals surface area contributed by atoms with Crippen molar-refractivity contribution in [2.24, 2.45) is 0 Å². The number of rotatable bonds is 7. The van der Waals surface area contributed by atoms with Crippen LogP contribution in [0.15, 0.2) is 28.8 Å². The Hall–Kier alpha value is -2.17. The smallest absolute Gasteiger partial charge is 0.240 e. The van der Waals surface area contributed by atoms with Crippen LogP contribution >= 0.6 is 0 Å². The average Bonchev–Trinajstić information content (AvgIpc) is 3.07. The zero-order valence-corrected chi connectivity index (χ0v) is 15.6. The van der Waals surface area contributed by atoms with Crippen LogP contribution in [0.2, 0.25) is 0 Å². The Labute approximate surface area is 152 Å². The molecule has 2 aromatic rings. The summed E-state index contributed by atoms with van der Waals surface area (Å²) < 4.78 is 40.5. The zero-order chi connectivity index (χ0) is 18.6. The van der Waals surface area contributed by atoms with Crippen molar-refractivity contribution in [1.29, 1.82) is 0 Å². The standard InChI is InChI=1S/C16H22N4O5S/c1-23-13-3-5-14(6-4-13)24-12-15-17-16(25-18-15)11-19-7-9-20(10-8-19)26(2,21)22/h3-6H,7-12H2,1-2H3. The SMILES string of the molecule is COc1ccc(OCc2noc(CN3CCN(S(C)(=O)=O)CC3)n2)cc1. The number of methoxy groups -OCH3 is 1. The van der Waals surface area contributed by atoms with E-state index in [2.05, 4.69) is 15.0 Å². The molecule has 26 heavy (non-hydrogen) atoms. The first kappa shape index (κ1) is 18.6. The van der Waals surface area contributed by atoms with Crippen LogP contribution in [0.5, 0.6) is 11.5 Å². The first-order valence-electron chi connectivity index (χ1n) is 8.20. The monoisotopic (exact) mass is 382 g/mol. The van der Waals surface area contributed by atoms with Gasteiger partial charge < -0.3 is 14.0 Å². The lowest BCUT2D eigenvalue weighted by Gasteiger charge is -2.32. The van der Waals surface area contributed by atoms with Crippen molar-refractivity contribution in [2.45, 2.75) is 13.2 Å². The Morgan fingerprint density at radius 2 is 1.77 bits per heavy atom.